The van der Waals surface area contributed by atoms with Gasteiger partial charge in [0.25, 0.3) is 0 Å². The standard InChI is InChI=1S/C13H26/c1-10(2)13(6)8-11(3)7-12(4,5)9-13/h10-11H,7-9H2,1-6H3. The summed E-state index contributed by atoms with van der Waals surface area (Å²) in [6.07, 6.45) is 4.24. The van der Waals surface area contributed by atoms with Crippen LogP contribution in [-0.2, 0) is 0 Å². The summed E-state index contributed by atoms with van der Waals surface area (Å²) in [5.41, 5.74) is 1.15. The molecular formula is C13H26. The van der Waals surface area contributed by atoms with Crippen LogP contribution in [0.2, 0.25) is 0 Å². The molecule has 1 saturated carbocycles. The van der Waals surface area contributed by atoms with E-state index in [2.05, 4.69) is 41.5 Å². The molecule has 1 fully saturated rings. The van der Waals surface area contributed by atoms with Gasteiger partial charge in [0.2, 0.25) is 0 Å². The highest BCUT2D eigenvalue weighted by atomic mass is 14.5. The molecule has 0 N–H and O–H groups in total. The van der Waals surface area contributed by atoms with Gasteiger partial charge in [0.1, 0.15) is 0 Å². The minimum atomic E-state index is 0.566. The summed E-state index contributed by atoms with van der Waals surface area (Å²) in [5.74, 6) is 1.74. The van der Waals surface area contributed by atoms with Gasteiger partial charge in [-0.1, -0.05) is 41.5 Å². The first-order chi connectivity index (χ1) is 5.75. The fraction of sp³-hybridized carbons (Fsp3) is 1.00. The van der Waals surface area contributed by atoms with Crippen molar-refractivity contribution < 1.29 is 0 Å². The minimum absolute atomic E-state index is 0.566. The van der Waals surface area contributed by atoms with Crippen LogP contribution >= 0.6 is 0 Å². The monoisotopic (exact) mass is 182 g/mol. The Bertz CT molecular complexity index is 178. The second-order valence-corrected chi connectivity index (χ2v) is 6.66. The Hall–Kier alpha value is 0. The van der Waals surface area contributed by atoms with Crippen LogP contribution in [-0.4, -0.2) is 0 Å². The lowest BCUT2D eigenvalue weighted by atomic mass is 9.57. The third-order valence-corrected chi connectivity index (χ3v) is 3.99. The van der Waals surface area contributed by atoms with E-state index in [-0.39, 0.29) is 0 Å². The maximum Gasteiger partial charge on any atom is -0.0295 e. The molecule has 0 spiro atoms. The van der Waals surface area contributed by atoms with Crippen molar-refractivity contribution in [1.29, 1.82) is 0 Å². The Kier molecular flexibility index (Phi) is 2.81. The van der Waals surface area contributed by atoms with Crippen LogP contribution in [0.15, 0.2) is 0 Å². The van der Waals surface area contributed by atoms with Crippen LogP contribution in [0, 0.1) is 22.7 Å². The number of rotatable bonds is 1. The van der Waals surface area contributed by atoms with Gasteiger partial charge in [-0.3, -0.25) is 0 Å². The van der Waals surface area contributed by atoms with Gasteiger partial charge in [-0.05, 0) is 41.9 Å². The van der Waals surface area contributed by atoms with E-state index >= 15 is 0 Å². The molecule has 0 heterocycles. The quantitative estimate of drug-likeness (QED) is 0.560. The molecule has 0 aromatic heterocycles. The van der Waals surface area contributed by atoms with Crippen molar-refractivity contribution in [3.8, 4) is 0 Å². The molecular weight excluding hydrogens is 156 g/mol. The van der Waals surface area contributed by atoms with Gasteiger partial charge in [0.05, 0.1) is 0 Å². The predicted molar refractivity (Wildman–Crippen MR) is 59.7 cm³/mol. The zero-order valence-corrected chi connectivity index (χ0v) is 10.3. The third-order valence-electron chi connectivity index (χ3n) is 3.99. The van der Waals surface area contributed by atoms with Crippen molar-refractivity contribution in [2.24, 2.45) is 22.7 Å². The van der Waals surface area contributed by atoms with Gasteiger partial charge >= 0.3 is 0 Å². The van der Waals surface area contributed by atoms with Crippen molar-refractivity contribution in [2.75, 3.05) is 0 Å². The lowest BCUT2D eigenvalue weighted by Gasteiger charge is -2.48. The Morgan fingerprint density at radius 3 is 2.00 bits per heavy atom. The van der Waals surface area contributed by atoms with Crippen LogP contribution < -0.4 is 0 Å². The van der Waals surface area contributed by atoms with E-state index < -0.39 is 0 Å². The van der Waals surface area contributed by atoms with E-state index in [4.69, 9.17) is 0 Å². The molecule has 1 rings (SSSR count). The maximum absolute atomic E-state index is 2.48. The summed E-state index contributed by atoms with van der Waals surface area (Å²) in [5, 5.41) is 0. The molecule has 1 aliphatic carbocycles. The summed E-state index contributed by atoms with van der Waals surface area (Å²) in [6, 6.07) is 0. The van der Waals surface area contributed by atoms with Gasteiger partial charge < -0.3 is 0 Å². The van der Waals surface area contributed by atoms with Gasteiger partial charge in [0.15, 0.2) is 0 Å². The second kappa shape index (κ2) is 3.29. The summed E-state index contributed by atoms with van der Waals surface area (Å²) in [7, 11) is 0. The highest BCUT2D eigenvalue weighted by Gasteiger charge is 2.41. The van der Waals surface area contributed by atoms with Crippen molar-refractivity contribution in [2.45, 2.75) is 60.8 Å². The first-order valence-corrected chi connectivity index (χ1v) is 5.75. The van der Waals surface area contributed by atoms with Crippen molar-refractivity contribution in [1.82, 2.24) is 0 Å². The Balaban J connectivity index is 2.78. The van der Waals surface area contributed by atoms with Crippen molar-refractivity contribution in [3.63, 3.8) is 0 Å². The smallest absolute Gasteiger partial charge is 0.0295 e. The Morgan fingerprint density at radius 1 is 1.08 bits per heavy atom. The van der Waals surface area contributed by atoms with Crippen molar-refractivity contribution >= 4 is 0 Å². The van der Waals surface area contributed by atoms with Gasteiger partial charge in [-0.15, -0.1) is 0 Å². The molecule has 0 heteroatoms. The molecule has 13 heavy (non-hydrogen) atoms. The van der Waals surface area contributed by atoms with Crippen LogP contribution in [0.25, 0.3) is 0 Å². The average Bonchev–Trinajstić information content (AvgIpc) is 1.79. The molecule has 0 saturated heterocycles. The maximum atomic E-state index is 2.48. The first kappa shape index (κ1) is 11.1. The lowest BCUT2D eigenvalue weighted by molar-refractivity contribution is 0.0253. The molecule has 2 unspecified atom stereocenters. The normalized spacial score (nSPS) is 39.5. The van der Waals surface area contributed by atoms with Crippen LogP contribution in [0.5, 0.6) is 0 Å². The summed E-state index contributed by atoms with van der Waals surface area (Å²) in [4.78, 5) is 0. The molecule has 2 atom stereocenters. The molecule has 0 aliphatic heterocycles. The summed E-state index contributed by atoms with van der Waals surface area (Å²) < 4.78 is 0. The zero-order chi connectivity index (χ0) is 10.3. The SMILES string of the molecule is CC1CC(C)(C)CC(C)(C(C)C)C1. The molecule has 78 valence electrons. The van der Waals surface area contributed by atoms with Gasteiger partial charge in [-0.2, -0.15) is 0 Å². The molecule has 0 radical (unpaired) electrons. The first-order valence-electron chi connectivity index (χ1n) is 5.75. The van der Waals surface area contributed by atoms with Crippen molar-refractivity contribution in [3.05, 3.63) is 0 Å². The predicted octanol–water partition coefficient (Wildman–Crippen LogP) is 4.49. The largest absolute Gasteiger partial charge is 0.0625 e. The van der Waals surface area contributed by atoms with E-state index in [1.807, 2.05) is 0 Å². The number of hydrogen-bond donors (Lipinski definition) is 0. The minimum Gasteiger partial charge on any atom is -0.0625 e. The fourth-order valence-electron chi connectivity index (χ4n) is 3.49. The average molecular weight is 182 g/mol. The fourth-order valence-corrected chi connectivity index (χ4v) is 3.49. The van der Waals surface area contributed by atoms with Crippen LogP contribution in [0.3, 0.4) is 0 Å². The highest BCUT2D eigenvalue weighted by Crippen LogP contribution is 2.51. The molecule has 1 aliphatic rings. The van der Waals surface area contributed by atoms with E-state index in [9.17, 15) is 0 Å². The van der Waals surface area contributed by atoms with E-state index in [0.717, 1.165) is 11.8 Å². The molecule has 0 aromatic carbocycles. The van der Waals surface area contributed by atoms with Gasteiger partial charge in [-0.25, -0.2) is 0 Å². The number of hydrogen-bond acceptors (Lipinski definition) is 0. The Labute approximate surface area is 84.1 Å². The summed E-state index contributed by atoms with van der Waals surface area (Å²) in [6.45, 7) is 14.5. The molecule has 0 bridgehead atoms. The molecule has 0 nitrogen and oxygen atoms in total. The summed E-state index contributed by atoms with van der Waals surface area (Å²) >= 11 is 0. The van der Waals surface area contributed by atoms with E-state index in [0.29, 0.717) is 10.8 Å². The Morgan fingerprint density at radius 2 is 1.62 bits per heavy atom. The molecule has 0 aromatic rings. The molecule has 0 amide bonds. The zero-order valence-electron chi connectivity index (χ0n) is 10.3. The lowest BCUT2D eigenvalue weighted by Crippen LogP contribution is -2.38. The van der Waals surface area contributed by atoms with E-state index in [1.54, 1.807) is 0 Å². The van der Waals surface area contributed by atoms with Gasteiger partial charge in [0, 0.05) is 0 Å². The van der Waals surface area contributed by atoms with Crippen LogP contribution in [0.1, 0.15) is 60.8 Å². The van der Waals surface area contributed by atoms with E-state index in [1.165, 1.54) is 19.3 Å². The second-order valence-electron chi connectivity index (χ2n) is 6.66. The topological polar surface area (TPSA) is 0 Å². The third kappa shape index (κ3) is 2.48. The van der Waals surface area contributed by atoms with Crippen LogP contribution in [0.4, 0.5) is 0 Å². The highest BCUT2D eigenvalue weighted by molar-refractivity contribution is 4.91.